The predicted molar refractivity (Wildman–Crippen MR) is 123 cm³/mol. The average Bonchev–Trinajstić information content (AvgIpc) is 2.78. The third-order valence-electron chi connectivity index (χ3n) is 4.85. The molecule has 0 saturated heterocycles. The van der Waals surface area contributed by atoms with Gasteiger partial charge in [-0.2, -0.15) is 0 Å². The number of hydrazine groups is 1. The third-order valence-corrected chi connectivity index (χ3v) is 4.85. The number of rotatable bonds is 6. The minimum atomic E-state index is -0.487. The lowest BCUT2D eigenvalue weighted by atomic mass is 10.1. The van der Waals surface area contributed by atoms with Crippen LogP contribution in [-0.2, 0) is 4.79 Å². The highest BCUT2D eigenvalue weighted by Crippen LogP contribution is 2.16. The molecule has 0 saturated carbocycles. The average molecular weight is 431 g/mol. The van der Waals surface area contributed by atoms with Crippen LogP contribution in [0.25, 0.3) is 0 Å². The topological polar surface area (TPSA) is 96.5 Å². The Morgan fingerprint density at radius 3 is 2.19 bits per heavy atom. The van der Waals surface area contributed by atoms with Crippen LogP contribution in [0, 0.1) is 20.8 Å². The summed E-state index contributed by atoms with van der Waals surface area (Å²) >= 11 is 0. The van der Waals surface area contributed by atoms with Crippen molar-refractivity contribution in [1.82, 2.24) is 10.9 Å². The van der Waals surface area contributed by atoms with Gasteiger partial charge in [0.05, 0.1) is 0 Å². The molecule has 164 valence electrons. The number of carbonyl (C=O) groups excluding carboxylic acids is 3. The number of benzene rings is 3. The Morgan fingerprint density at radius 1 is 0.750 bits per heavy atom. The van der Waals surface area contributed by atoms with Gasteiger partial charge in [-0.25, -0.2) is 0 Å². The van der Waals surface area contributed by atoms with Crippen LogP contribution in [-0.4, -0.2) is 24.3 Å². The molecule has 0 spiro atoms. The van der Waals surface area contributed by atoms with Gasteiger partial charge in [0.25, 0.3) is 17.7 Å². The van der Waals surface area contributed by atoms with Gasteiger partial charge in [-0.1, -0.05) is 23.8 Å². The van der Waals surface area contributed by atoms with Crippen molar-refractivity contribution in [3.63, 3.8) is 0 Å². The van der Waals surface area contributed by atoms with Crippen molar-refractivity contribution in [3.05, 3.63) is 94.5 Å². The van der Waals surface area contributed by atoms with E-state index in [2.05, 4.69) is 16.2 Å². The summed E-state index contributed by atoms with van der Waals surface area (Å²) in [7, 11) is 0. The summed E-state index contributed by atoms with van der Waals surface area (Å²) in [5.74, 6) is -0.625. The van der Waals surface area contributed by atoms with E-state index in [4.69, 9.17) is 4.74 Å². The van der Waals surface area contributed by atoms with Crippen LogP contribution in [0.15, 0.2) is 66.7 Å². The molecule has 0 radical (unpaired) electrons. The fraction of sp³-hybridized carbons (Fsp3) is 0.160. The minimum absolute atomic E-state index is 0.229. The second kappa shape index (κ2) is 10.3. The summed E-state index contributed by atoms with van der Waals surface area (Å²) in [5.41, 5.74) is 9.29. The molecular weight excluding hydrogens is 406 g/mol. The Labute approximate surface area is 186 Å². The molecule has 0 atom stereocenters. The van der Waals surface area contributed by atoms with Gasteiger partial charge in [-0.15, -0.1) is 0 Å². The lowest BCUT2D eigenvalue weighted by Gasteiger charge is -2.10. The number of nitrogens with one attached hydrogen (secondary N) is 3. The monoisotopic (exact) mass is 431 g/mol. The first-order valence-electron chi connectivity index (χ1n) is 10.1. The van der Waals surface area contributed by atoms with Crippen LogP contribution < -0.4 is 20.9 Å². The first kappa shape index (κ1) is 22.6. The zero-order valence-corrected chi connectivity index (χ0v) is 18.2. The second-order valence-corrected chi connectivity index (χ2v) is 7.44. The van der Waals surface area contributed by atoms with E-state index in [1.54, 1.807) is 42.5 Å². The number of hydrogen-bond acceptors (Lipinski definition) is 4. The number of hydrogen-bond donors (Lipinski definition) is 3. The van der Waals surface area contributed by atoms with Gasteiger partial charge < -0.3 is 10.1 Å². The molecule has 0 aliphatic rings. The summed E-state index contributed by atoms with van der Waals surface area (Å²) in [6.07, 6.45) is 0. The number of ether oxygens (including phenoxy) is 1. The van der Waals surface area contributed by atoms with E-state index in [0.717, 1.165) is 16.7 Å². The molecule has 3 amide bonds. The van der Waals surface area contributed by atoms with Gasteiger partial charge in [0.1, 0.15) is 5.75 Å². The Hall–Kier alpha value is -4.13. The standard InChI is InChI=1S/C25H25N3O4/c1-16-5-4-6-20(13-16)24(30)26-21-10-8-19(9-11-21)25(31)28-27-23(29)15-32-22-12-7-17(2)18(3)14-22/h4-14H,15H2,1-3H3,(H,26,30)(H,27,29)(H,28,31). The van der Waals surface area contributed by atoms with Crippen molar-refractivity contribution < 1.29 is 19.1 Å². The number of carbonyl (C=O) groups is 3. The lowest BCUT2D eigenvalue weighted by Crippen LogP contribution is -2.43. The first-order valence-corrected chi connectivity index (χ1v) is 10.1. The maximum absolute atomic E-state index is 12.3. The zero-order chi connectivity index (χ0) is 23.1. The maximum Gasteiger partial charge on any atom is 0.276 e. The van der Waals surface area contributed by atoms with E-state index in [1.165, 1.54) is 0 Å². The highest BCUT2D eigenvalue weighted by atomic mass is 16.5. The molecule has 7 nitrogen and oxygen atoms in total. The van der Waals surface area contributed by atoms with Crippen molar-refractivity contribution in [3.8, 4) is 5.75 Å². The van der Waals surface area contributed by atoms with Gasteiger partial charge in [-0.05, 0) is 80.4 Å². The summed E-state index contributed by atoms with van der Waals surface area (Å²) in [6, 6.07) is 19.2. The molecule has 3 N–H and O–H groups in total. The molecule has 3 aromatic carbocycles. The van der Waals surface area contributed by atoms with Crippen LogP contribution in [0.5, 0.6) is 5.75 Å². The van der Waals surface area contributed by atoms with Crippen LogP contribution >= 0.6 is 0 Å². The van der Waals surface area contributed by atoms with E-state index in [0.29, 0.717) is 22.6 Å². The number of amides is 3. The van der Waals surface area contributed by atoms with Crippen molar-refractivity contribution in [2.75, 3.05) is 11.9 Å². The summed E-state index contributed by atoms with van der Waals surface area (Å²) in [4.78, 5) is 36.5. The Kier molecular flexibility index (Phi) is 7.23. The summed E-state index contributed by atoms with van der Waals surface area (Å²) < 4.78 is 5.43. The quantitative estimate of drug-likeness (QED) is 0.519. The molecule has 0 fully saturated rings. The minimum Gasteiger partial charge on any atom is -0.484 e. The predicted octanol–water partition coefficient (Wildman–Crippen LogP) is 3.70. The Balaban J connectivity index is 1.47. The fourth-order valence-electron chi connectivity index (χ4n) is 2.88. The van der Waals surface area contributed by atoms with E-state index < -0.39 is 11.8 Å². The molecule has 0 bridgehead atoms. The van der Waals surface area contributed by atoms with E-state index in [-0.39, 0.29) is 12.5 Å². The van der Waals surface area contributed by atoms with Gasteiger partial charge >= 0.3 is 0 Å². The highest BCUT2D eigenvalue weighted by molar-refractivity contribution is 6.04. The SMILES string of the molecule is Cc1cccc(C(=O)Nc2ccc(C(=O)NNC(=O)COc3ccc(C)c(C)c3)cc2)c1. The smallest absolute Gasteiger partial charge is 0.276 e. The molecular formula is C25H25N3O4. The van der Waals surface area contributed by atoms with Gasteiger partial charge in [0, 0.05) is 16.8 Å². The normalized spacial score (nSPS) is 10.2. The van der Waals surface area contributed by atoms with Gasteiger partial charge in [0.2, 0.25) is 0 Å². The largest absolute Gasteiger partial charge is 0.484 e. The molecule has 7 heteroatoms. The lowest BCUT2D eigenvalue weighted by molar-refractivity contribution is -0.123. The van der Waals surface area contributed by atoms with Crippen molar-refractivity contribution in [1.29, 1.82) is 0 Å². The molecule has 0 aromatic heterocycles. The highest BCUT2D eigenvalue weighted by Gasteiger charge is 2.10. The van der Waals surface area contributed by atoms with Crippen molar-refractivity contribution in [2.45, 2.75) is 20.8 Å². The van der Waals surface area contributed by atoms with Crippen LogP contribution in [0.3, 0.4) is 0 Å². The molecule has 32 heavy (non-hydrogen) atoms. The van der Waals surface area contributed by atoms with Crippen LogP contribution in [0.4, 0.5) is 5.69 Å². The third kappa shape index (κ3) is 6.18. The van der Waals surface area contributed by atoms with Crippen molar-refractivity contribution >= 4 is 23.4 Å². The van der Waals surface area contributed by atoms with E-state index >= 15 is 0 Å². The Morgan fingerprint density at radius 2 is 1.50 bits per heavy atom. The van der Waals surface area contributed by atoms with E-state index in [9.17, 15) is 14.4 Å². The van der Waals surface area contributed by atoms with E-state index in [1.807, 2.05) is 45.0 Å². The molecule has 0 unspecified atom stereocenters. The fourth-order valence-corrected chi connectivity index (χ4v) is 2.88. The summed E-state index contributed by atoms with van der Waals surface area (Å²) in [6.45, 7) is 5.64. The van der Waals surface area contributed by atoms with Gasteiger partial charge in [0.15, 0.2) is 6.61 Å². The van der Waals surface area contributed by atoms with Crippen LogP contribution in [0.2, 0.25) is 0 Å². The zero-order valence-electron chi connectivity index (χ0n) is 18.2. The Bertz CT molecular complexity index is 1140. The van der Waals surface area contributed by atoms with Gasteiger partial charge in [-0.3, -0.25) is 25.2 Å². The number of aryl methyl sites for hydroxylation is 3. The van der Waals surface area contributed by atoms with Crippen LogP contribution in [0.1, 0.15) is 37.4 Å². The second-order valence-electron chi connectivity index (χ2n) is 7.44. The molecule has 0 aliphatic carbocycles. The molecule has 3 aromatic rings. The summed E-state index contributed by atoms with van der Waals surface area (Å²) in [5, 5.41) is 2.78. The molecule has 3 rings (SSSR count). The van der Waals surface area contributed by atoms with Crippen molar-refractivity contribution in [2.24, 2.45) is 0 Å². The first-order chi connectivity index (χ1) is 15.3. The molecule has 0 heterocycles. The molecule has 0 aliphatic heterocycles. The number of anilines is 1. The maximum atomic E-state index is 12.3.